The first-order valence-corrected chi connectivity index (χ1v) is 5.45. The van der Waals surface area contributed by atoms with Crippen LogP contribution >= 0.6 is 0 Å². The van der Waals surface area contributed by atoms with Crippen LogP contribution in [-0.2, 0) is 4.79 Å². The van der Waals surface area contributed by atoms with Gasteiger partial charge in [0.15, 0.2) is 17.5 Å². The number of carbonyl (C=O) groups is 1. The molecular formula is C12H12F3NO. The van der Waals surface area contributed by atoms with E-state index in [0.717, 1.165) is 25.0 Å². The molecule has 0 radical (unpaired) electrons. The lowest BCUT2D eigenvalue weighted by molar-refractivity contribution is -0.119. The summed E-state index contributed by atoms with van der Waals surface area (Å²) < 4.78 is 38.9. The molecule has 1 saturated carbocycles. The number of hydrogen-bond donors (Lipinski definition) is 1. The molecule has 1 aliphatic carbocycles. The molecule has 1 aliphatic rings. The standard InChI is InChI=1S/C12H12F3NO/c1-6(7-2-3-7)12(17)16-9-5-4-8(13)10(14)11(9)15/h4-7H,2-3H2,1H3,(H,16,17). The van der Waals surface area contributed by atoms with E-state index in [1.165, 1.54) is 0 Å². The molecule has 1 atom stereocenters. The predicted octanol–water partition coefficient (Wildman–Crippen LogP) is 3.09. The average molecular weight is 243 g/mol. The van der Waals surface area contributed by atoms with Crippen LogP contribution in [0.4, 0.5) is 18.9 Å². The van der Waals surface area contributed by atoms with Crippen molar-refractivity contribution >= 4 is 11.6 Å². The summed E-state index contributed by atoms with van der Waals surface area (Å²) in [6.07, 6.45) is 1.96. The Morgan fingerprint density at radius 1 is 1.29 bits per heavy atom. The molecule has 1 unspecified atom stereocenters. The second-order valence-electron chi connectivity index (χ2n) is 4.34. The van der Waals surface area contributed by atoms with Crippen molar-refractivity contribution in [2.75, 3.05) is 5.32 Å². The zero-order chi connectivity index (χ0) is 12.6. The number of amides is 1. The maximum Gasteiger partial charge on any atom is 0.227 e. The van der Waals surface area contributed by atoms with Crippen LogP contribution in [0.3, 0.4) is 0 Å². The number of anilines is 1. The van der Waals surface area contributed by atoms with Crippen LogP contribution in [0.1, 0.15) is 19.8 Å². The number of rotatable bonds is 3. The second-order valence-corrected chi connectivity index (χ2v) is 4.34. The van der Waals surface area contributed by atoms with Gasteiger partial charge in [0.25, 0.3) is 0 Å². The number of halogens is 3. The van der Waals surface area contributed by atoms with Gasteiger partial charge in [0.2, 0.25) is 5.91 Å². The monoisotopic (exact) mass is 243 g/mol. The van der Waals surface area contributed by atoms with E-state index in [2.05, 4.69) is 5.32 Å². The van der Waals surface area contributed by atoms with E-state index in [4.69, 9.17) is 0 Å². The predicted molar refractivity (Wildman–Crippen MR) is 56.8 cm³/mol. The quantitative estimate of drug-likeness (QED) is 0.812. The minimum atomic E-state index is -1.57. The fourth-order valence-corrected chi connectivity index (χ4v) is 1.68. The Morgan fingerprint density at radius 2 is 1.94 bits per heavy atom. The molecule has 0 aromatic heterocycles. The Labute approximate surface area is 96.8 Å². The summed E-state index contributed by atoms with van der Waals surface area (Å²) in [5, 5.41) is 2.28. The third kappa shape index (κ3) is 2.43. The second kappa shape index (κ2) is 4.39. The topological polar surface area (TPSA) is 29.1 Å². The molecule has 2 rings (SSSR count). The lowest BCUT2D eigenvalue weighted by Crippen LogP contribution is -2.22. The molecule has 0 heterocycles. The number of carbonyl (C=O) groups excluding carboxylic acids is 1. The maximum atomic E-state index is 13.3. The first kappa shape index (κ1) is 12.0. The highest BCUT2D eigenvalue weighted by Crippen LogP contribution is 2.37. The summed E-state index contributed by atoms with van der Waals surface area (Å²) in [5.74, 6) is -4.47. The molecule has 1 aromatic rings. The van der Waals surface area contributed by atoms with Crippen molar-refractivity contribution in [2.24, 2.45) is 11.8 Å². The van der Waals surface area contributed by atoms with Crippen LogP contribution in [-0.4, -0.2) is 5.91 Å². The van der Waals surface area contributed by atoms with Crippen molar-refractivity contribution in [1.82, 2.24) is 0 Å². The molecule has 1 aromatic carbocycles. The van der Waals surface area contributed by atoms with Crippen LogP contribution in [0.2, 0.25) is 0 Å². The van der Waals surface area contributed by atoms with Gasteiger partial charge in [-0.05, 0) is 30.9 Å². The van der Waals surface area contributed by atoms with E-state index >= 15 is 0 Å². The summed E-state index contributed by atoms with van der Waals surface area (Å²) in [7, 11) is 0. The van der Waals surface area contributed by atoms with E-state index in [-0.39, 0.29) is 17.5 Å². The Hall–Kier alpha value is -1.52. The Bertz CT molecular complexity index is 457. The van der Waals surface area contributed by atoms with E-state index in [0.29, 0.717) is 5.92 Å². The van der Waals surface area contributed by atoms with Gasteiger partial charge in [0.1, 0.15) is 0 Å². The molecule has 17 heavy (non-hydrogen) atoms. The average Bonchev–Trinajstić information content (AvgIpc) is 3.13. The minimum absolute atomic E-state index is 0.234. The molecule has 1 N–H and O–H groups in total. The summed E-state index contributed by atoms with van der Waals surface area (Å²) in [4.78, 5) is 11.6. The molecule has 0 spiro atoms. The highest BCUT2D eigenvalue weighted by atomic mass is 19.2. The van der Waals surface area contributed by atoms with Crippen LogP contribution in [0.5, 0.6) is 0 Å². The van der Waals surface area contributed by atoms with Gasteiger partial charge in [-0.2, -0.15) is 0 Å². The lowest BCUT2D eigenvalue weighted by Gasteiger charge is -2.11. The van der Waals surface area contributed by atoms with Crippen molar-refractivity contribution in [3.63, 3.8) is 0 Å². The fourth-order valence-electron chi connectivity index (χ4n) is 1.68. The van der Waals surface area contributed by atoms with Crippen molar-refractivity contribution < 1.29 is 18.0 Å². The summed E-state index contributed by atoms with van der Waals surface area (Å²) >= 11 is 0. The van der Waals surface area contributed by atoms with Gasteiger partial charge in [-0.15, -0.1) is 0 Å². The fraction of sp³-hybridized carbons (Fsp3) is 0.417. The highest BCUT2D eigenvalue weighted by Gasteiger charge is 2.33. The van der Waals surface area contributed by atoms with Crippen LogP contribution < -0.4 is 5.32 Å². The van der Waals surface area contributed by atoms with Crippen LogP contribution in [0, 0.1) is 29.3 Å². The molecule has 2 nitrogen and oxygen atoms in total. The van der Waals surface area contributed by atoms with E-state index in [1.807, 2.05) is 0 Å². The number of benzene rings is 1. The van der Waals surface area contributed by atoms with Gasteiger partial charge < -0.3 is 5.32 Å². The first-order valence-electron chi connectivity index (χ1n) is 5.45. The molecule has 1 fully saturated rings. The zero-order valence-corrected chi connectivity index (χ0v) is 9.27. The first-order chi connectivity index (χ1) is 8.00. The number of nitrogens with one attached hydrogen (secondary N) is 1. The highest BCUT2D eigenvalue weighted by molar-refractivity contribution is 5.92. The van der Waals surface area contributed by atoms with E-state index in [9.17, 15) is 18.0 Å². The third-order valence-electron chi connectivity index (χ3n) is 3.04. The van der Waals surface area contributed by atoms with E-state index in [1.54, 1.807) is 6.92 Å². The van der Waals surface area contributed by atoms with Gasteiger partial charge in [-0.3, -0.25) is 4.79 Å². The number of hydrogen-bond acceptors (Lipinski definition) is 1. The molecule has 1 amide bonds. The Morgan fingerprint density at radius 3 is 2.53 bits per heavy atom. The molecular weight excluding hydrogens is 231 g/mol. The van der Waals surface area contributed by atoms with Gasteiger partial charge in [-0.25, -0.2) is 13.2 Å². The summed E-state index contributed by atoms with van der Waals surface area (Å²) in [6.45, 7) is 1.74. The van der Waals surface area contributed by atoms with Crippen molar-refractivity contribution in [2.45, 2.75) is 19.8 Å². The van der Waals surface area contributed by atoms with Gasteiger partial charge in [0.05, 0.1) is 5.69 Å². The molecule has 92 valence electrons. The maximum absolute atomic E-state index is 13.3. The largest absolute Gasteiger partial charge is 0.323 e. The SMILES string of the molecule is CC(C(=O)Nc1ccc(F)c(F)c1F)C1CC1. The van der Waals surface area contributed by atoms with Gasteiger partial charge >= 0.3 is 0 Å². The van der Waals surface area contributed by atoms with Crippen LogP contribution in [0.25, 0.3) is 0 Å². The summed E-state index contributed by atoms with van der Waals surface area (Å²) in [6, 6.07) is 1.81. The van der Waals surface area contributed by atoms with Crippen molar-refractivity contribution in [1.29, 1.82) is 0 Å². The van der Waals surface area contributed by atoms with Crippen LogP contribution in [0.15, 0.2) is 12.1 Å². The lowest BCUT2D eigenvalue weighted by atomic mass is 10.1. The van der Waals surface area contributed by atoms with Crippen molar-refractivity contribution in [3.05, 3.63) is 29.6 Å². The molecule has 0 saturated heterocycles. The Kier molecular flexibility index (Phi) is 3.09. The Balaban J connectivity index is 2.13. The van der Waals surface area contributed by atoms with Crippen molar-refractivity contribution in [3.8, 4) is 0 Å². The normalized spacial score (nSPS) is 16.7. The smallest absolute Gasteiger partial charge is 0.227 e. The van der Waals surface area contributed by atoms with E-state index < -0.39 is 17.5 Å². The van der Waals surface area contributed by atoms with Gasteiger partial charge in [-0.1, -0.05) is 6.92 Å². The molecule has 5 heteroatoms. The molecule has 0 aliphatic heterocycles. The molecule has 0 bridgehead atoms. The minimum Gasteiger partial charge on any atom is -0.323 e. The zero-order valence-electron chi connectivity index (χ0n) is 9.27. The third-order valence-corrected chi connectivity index (χ3v) is 3.04. The van der Waals surface area contributed by atoms with Gasteiger partial charge in [0, 0.05) is 5.92 Å². The summed E-state index contributed by atoms with van der Waals surface area (Å²) in [5.41, 5.74) is -0.318.